The predicted molar refractivity (Wildman–Crippen MR) is 131 cm³/mol. The Morgan fingerprint density at radius 1 is 0.683 bits per heavy atom. The van der Waals surface area contributed by atoms with Crippen molar-refractivity contribution in [1.82, 2.24) is 0 Å². The fourth-order valence-corrected chi connectivity index (χ4v) is 4.35. The number of rotatable bonds is 5. The lowest BCUT2D eigenvalue weighted by Gasteiger charge is -2.36. The molecule has 0 spiro atoms. The molecule has 0 aliphatic carbocycles. The second kappa shape index (κ2) is 10.8. The smallest absolute Gasteiger partial charge is 0.229 e. The lowest BCUT2D eigenvalue weighted by atomic mass is 10.0. The van der Waals surface area contributed by atoms with Gasteiger partial charge in [0.05, 0.1) is 13.2 Å². The van der Waals surface area contributed by atoms with Crippen molar-refractivity contribution < 1.29 is 74.4 Å². The normalized spacial score (nSPS) is 30.3. The van der Waals surface area contributed by atoms with E-state index in [2.05, 4.69) is 0 Å². The minimum absolute atomic E-state index is 0.0725. The number of benzene rings is 2. The van der Waals surface area contributed by atoms with Gasteiger partial charge in [-0.3, -0.25) is 4.79 Å². The zero-order valence-electron chi connectivity index (χ0n) is 20.8. The molecule has 16 heteroatoms. The Kier molecular flexibility index (Phi) is 7.58. The van der Waals surface area contributed by atoms with Gasteiger partial charge >= 0.3 is 0 Å². The highest BCUT2D eigenvalue weighted by molar-refractivity contribution is 5.95. The molecule has 2 aliphatic heterocycles. The van der Waals surface area contributed by atoms with Gasteiger partial charge in [0.2, 0.25) is 29.8 Å². The van der Waals surface area contributed by atoms with Crippen molar-refractivity contribution in [2.75, 3.05) is 13.2 Å². The lowest BCUT2D eigenvalue weighted by Crippen LogP contribution is -2.55. The Labute approximate surface area is 228 Å². The molecule has 2 fully saturated rings. The van der Waals surface area contributed by atoms with Gasteiger partial charge in [-0.05, 0) is 18.2 Å². The van der Waals surface area contributed by atoms with E-state index in [1.165, 1.54) is 6.07 Å². The van der Waals surface area contributed by atoms with Crippen molar-refractivity contribution in [2.45, 2.75) is 49.2 Å². The maximum absolute atomic E-state index is 13.2. The molecule has 0 amide bonds. The first-order valence-corrected chi connectivity index (χ1v) is 12.1. The van der Waals surface area contributed by atoms with E-state index in [4.69, 9.17) is 23.4 Å². The van der Waals surface area contributed by atoms with E-state index in [0.29, 0.717) is 0 Å². The average molecular weight is 582 g/mol. The summed E-state index contributed by atoms with van der Waals surface area (Å²) in [6, 6.07) is 4.35. The van der Waals surface area contributed by atoms with Crippen molar-refractivity contribution in [3.8, 4) is 45.8 Å². The fraction of sp³-hybridized carbons (Fsp3) is 0.400. The van der Waals surface area contributed by atoms with Gasteiger partial charge in [0.1, 0.15) is 47.8 Å². The number of hydrogen-bond donors (Lipinski definition) is 10. The van der Waals surface area contributed by atoms with E-state index in [9.17, 15) is 55.9 Å². The molecule has 3 aromatic rings. The molecule has 0 bridgehead atoms. The van der Waals surface area contributed by atoms with E-state index in [-0.39, 0.29) is 11.3 Å². The van der Waals surface area contributed by atoms with E-state index < -0.39 is 113 Å². The minimum atomic E-state index is -1.88. The Balaban J connectivity index is 1.67. The first-order chi connectivity index (χ1) is 19.4. The number of ether oxygens (including phenoxy) is 4. The van der Waals surface area contributed by atoms with Crippen LogP contribution in [0.2, 0.25) is 0 Å². The number of aliphatic hydroxyl groups is 6. The number of aromatic hydroxyl groups is 4. The highest BCUT2D eigenvalue weighted by Gasteiger charge is 2.43. The van der Waals surface area contributed by atoms with Crippen molar-refractivity contribution in [3.63, 3.8) is 0 Å². The number of fused-ring (bicyclic) bond motifs is 1. The molecule has 0 radical (unpaired) electrons. The maximum atomic E-state index is 13.2. The molecule has 5 rings (SSSR count). The molecule has 8 atom stereocenters. The summed E-state index contributed by atoms with van der Waals surface area (Å²) in [4.78, 5) is 13.2. The predicted octanol–water partition coefficient (Wildman–Crippen LogP) is -2.08. The van der Waals surface area contributed by atoms with Gasteiger partial charge in [0.15, 0.2) is 28.3 Å². The minimum Gasteiger partial charge on any atom is -0.504 e. The van der Waals surface area contributed by atoms with E-state index >= 15 is 0 Å². The van der Waals surface area contributed by atoms with Gasteiger partial charge in [0.25, 0.3) is 0 Å². The first kappa shape index (κ1) is 28.7. The summed E-state index contributed by atoms with van der Waals surface area (Å²) >= 11 is 0. The second-order valence-corrected chi connectivity index (χ2v) is 9.47. The molecular formula is C25H26O16. The Morgan fingerprint density at radius 3 is 1.80 bits per heavy atom. The molecule has 0 saturated carbocycles. The van der Waals surface area contributed by atoms with Crippen LogP contribution in [0.5, 0.6) is 34.5 Å². The summed E-state index contributed by atoms with van der Waals surface area (Å²) in [5.74, 6) is -5.01. The van der Waals surface area contributed by atoms with Crippen LogP contribution in [0.25, 0.3) is 22.3 Å². The largest absolute Gasteiger partial charge is 0.504 e. The van der Waals surface area contributed by atoms with Crippen LogP contribution in [-0.2, 0) is 9.47 Å². The number of hydrogen-bond acceptors (Lipinski definition) is 16. The molecule has 41 heavy (non-hydrogen) atoms. The molecule has 10 N–H and O–H groups in total. The van der Waals surface area contributed by atoms with Crippen molar-refractivity contribution >= 4 is 11.0 Å². The average Bonchev–Trinajstić information content (AvgIpc) is 2.94. The zero-order chi connectivity index (χ0) is 29.7. The van der Waals surface area contributed by atoms with Crippen molar-refractivity contribution in [1.29, 1.82) is 0 Å². The van der Waals surface area contributed by atoms with Crippen LogP contribution in [0.15, 0.2) is 33.5 Å². The molecule has 222 valence electrons. The summed E-state index contributed by atoms with van der Waals surface area (Å²) in [6.07, 6.45) is -13.7. The monoisotopic (exact) mass is 582 g/mol. The zero-order valence-corrected chi connectivity index (χ0v) is 20.8. The van der Waals surface area contributed by atoms with Gasteiger partial charge in [-0.25, -0.2) is 0 Å². The summed E-state index contributed by atoms with van der Waals surface area (Å²) in [6.45, 7) is -1.01. The molecular weight excluding hydrogens is 556 g/mol. The number of phenolic OH excluding ortho intramolecular Hbond substituents is 4. The first-order valence-electron chi connectivity index (χ1n) is 12.1. The molecule has 1 aromatic heterocycles. The fourth-order valence-electron chi connectivity index (χ4n) is 4.35. The summed E-state index contributed by atoms with van der Waals surface area (Å²) < 4.78 is 27.1. The third-order valence-corrected chi connectivity index (χ3v) is 6.67. The molecule has 2 aromatic carbocycles. The van der Waals surface area contributed by atoms with Gasteiger partial charge in [0, 0.05) is 11.6 Å². The molecule has 2 saturated heterocycles. The van der Waals surface area contributed by atoms with Crippen LogP contribution in [0, 0.1) is 0 Å². The number of phenols is 4. The van der Waals surface area contributed by atoms with E-state index in [0.717, 1.165) is 18.2 Å². The van der Waals surface area contributed by atoms with Crippen molar-refractivity contribution in [3.05, 3.63) is 34.5 Å². The van der Waals surface area contributed by atoms with Crippen LogP contribution >= 0.6 is 0 Å². The van der Waals surface area contributed by atoms with Gasteiger partial charge in [-0.15, -0.1) is 0 Å². The Morgan fingerprint density at radius 2 is 1.24 bits per heavy atom. The van der Waals surface area contributed by atoms with Gasteiger partial charge in [-0.1, -0.05) is 0 Å². The van der Waals surface area contributed by atoms with Crippen molar-refractivity contribution in [2.24, 2.45) is 0 Å². The molecule has 16 nitrogen and oxygen atoms in total. The van der Waals surface area contributed by atoms with Crippen LogP contribution in [-0.4, -0.2) is 113 Å². The van der Waals surface area contributed by atoms with Crippen LogP contribution in [0.1, 0.15) is 0 Å². The van der Waals surface area contributed by atoms with E-state index in [1.54, 1.807) is 0 Å². The van der Waals surface area contributed by atoms with E-state index in [1.807, 2.05) is 0 Å². The number of aliphatic hydroxyl groups excluding tert-OH is 6. The standard InChI is InChI=1S/C25H26O16/c26-8-2-1-7(3-9(8)27)13-4-10(28)14-17(33)22(40-24-18(34)15(31)11(29)5-37-24)20(36)23(21(14)39-13)41-25-19(35)16(32)12(30)6-38-25/h1-4,11-12,15-16,18-19,24-27,29-36H,5-6H2/t11-,12-,15-,16-,18+,19+,24-,25-/m0/s1. The summed E-state index contributed by atoms with van der Waals surface area (Å²) in [5.41, 5.74) is -1.50. The summed E-state index contributed by atoms with van der Waals surface area (Å²) in [5, 5.41) is 101. The molecule has 3 heterocycles. The Bertz CT molecular complexity index is 1500. The third kappa shape index (κ3) is 5.07. The SMILES string of the molecule is O=c1cc(-c2ccc(O)c(O)c2)oc2c(O[C@@H]3OC[C@H](O)[C@H](O)[C@H]3O)c(O)c(O[C@@H]3OC[C@H](O)[C@H](O)[C@H]3O)c(O)c12. The molecule has 0 unspecified atom stereocenters. The van der Waals surface area contributed by atoms with Gasteiger partial charge in [-0.2, -0.15) is 0 Å². The Hall–Kier alpha value is -3.87. The maximum Gasteiger partial charge on any atom is 0.229 e. The lowest BCUT2D eigenvalue weighted by molar-refractivity contribution is -0.243. The van der Waals surface area contributed by atoms with Crippen LogP contribution < -0.4 is 14.9 Å². The quantitative estimate of drug-likeness (QED) is 0.145. The second-order valence-electron chi connectivity index (χ2n) is 9.47. The van der Waals surface area contributed by atoms with Crippen LogP contribution in [0.3, 0.4) is 0 Å². The molecule has 2 aliphatic rings. The van der Waals surface area contributed by atoms with Crippen LogP contribution in [0.4, 0.5) is 0 Å². The summed E-state index contributed by atoms with van der Waals surface area (Å²) in [7, 11) is 0. The highest BCUT2D eigenvalue weighted by Crippen LogP contribution is 2.51. The highest BCUT2D eigenvalue weighted by atomic mass is 16.7. The topological polar surface area (TPSA) is 269 Å². The van der Waals surface area contributed by atoms with Gasteiger partial charge < -0.3 is 74.4 Å². The third-order valence-electron chi connectivity index (χ3n) is 6.67.